The van der Waals surface area contributed by atoms with E-state index < -0.39 is 10.8 Å². The van der Waals surface area contributed by atoms with Crippen molar-refractivity contribution in [2.24, 2.45) is 0 Å². The van der Waals surface area contributed by atoms with E-state index in [1.807, 2.05) is 13.8 Å². The second-order valence-corrected chi connectivity index (χ2v) is 8.23. The number of aromatic amines is 1. The number of fused-ring (bicyclic) bond motifs is 1. The lowest BCUT2D eigenvalue weighted by molar-refractivity contribution is -0.129. The standard InChI is InChI=1S/C17H21FN4O2S/c1-17(2)16(24)22-13(9-25-17)15(23)19-7-3-4-14-20-11-6-5-10(18)8-12(11)21-14/h5-6,8,13H,3-4,7,9H2,1-2H3,(H,19,23)(H,20,21)(H,22,24)/t13-/m1/s1. The van der Waals surface area contributed by atoms with E-state index in [1.54, 1.807) is 6.07 Å². The summed E-state index contributed by atoms with van der Waals surface area (Å²) in [4.78, 5) is 31.5. The van der Waals surface area contributed by atoms with Crippen molar-refractivity contribution < 1.29 is 14.0 Å². The first kappa shape index (κ1) is 17.7. The molecule has 8 heteroatoms. The lowest BCUT2D eigenvalue weighted by Crippen LogP contribution is -2.57. The molecule has 1 aliphatic rings. The van der Waals surface area contributed by atoms with Crippen molar-refractivity contribution in [2.45, 2.75) is 37.5 Å². The quantitative estimate of drug-likeness (QED) is 0.706. The van der Waals surface area contributed by atoms with E-state index in [2.05, 4.69) is 20.6 Å². The van der Waals surface area contributed by atoms with Gasteiger partial charge in [0.05, 0.1) is 15.8 Å². The van der Waals surface area contributed by atoms with Crippen molar-refractivity contribution in [3.63, 3.8) is 0 Å². The molecule has 0 radical (unpaired) electrons. The molecule has 0 bridgehead atoms. The maximum atomic E-state index is 13.2. The number of carbonyl (C=O) groups excluding carboxylic acids is 2. The third-order valence-electron chi connectivity index (χ3n) is 4.16. The number of halogens is 1. The van der Waals surface area contributed by atoms with E-state index in [1.165, 1.54) is 23.9 Å². The summed E-state index contributed by atoms with van der Waals surface area (Å²) in [5.41, 5.74) is 1.40. The average Bonchev–Trinajstić information content (AvgIpc) is 2.95. The third-order valence-corrected chi connectivity index (χ3v) is 5.57. The molecule has 1 aromatic heterocycles. The maximum absolute atomic E-state index is 13.2. The van der Waals surface area contributed by atoms with Crippen molar-refractivity contribution in [1.82, 2.24) is 20.6 Å². The van der Waals surface area contributed by atoms with Gasteiger partial charge in [-0.3, -0.25) is 9.59 Å². The number of amides is 2. The number of nitrogens with zero attached hydrogens (tertiary/aromatic N) is 1. The van der Waals surface area contributed by atoms with Crippen LogP contribution in [0.15, 0.2) is 18.2 Å². The molecular weight excluding hydrogens is 343 g/mol. The Morgan fingerprint density at radius 1 is 1.48 bits per heavy atom. The highest BCUT2D eigenvalue weighted by molar-refractivity contribution is 8.01. The molecule has 3 N–H and O–H groups in total. The van der Waals surface area contributed by atoms with Gasteiger partial charge in [0.15, 0.2) is 0 Å². The molecule has 6 nitrogen and oxygen atoms in total. The zero-order chi connectivity index (χ0) is 18.0. The number of hydrogen-bond acceptors (Lipinski definition) is 4. The Labute approximate surface area is 149 Å². The van der Waals surface area contributed by atoms with E-state index in [0.717, 1.165) is 11.3 Å². The van der Waals surface area contributed by atoms with Gasteiger partial charge >= 0.3 is 0 Å². The lowest BCUT2D eigenvalue weighted by atomic mass is 10.1. The number of hydrogen-bond donors (Lipinski definition) is 3. The van der Waals surface area contributed by atoms with Crippen molar-refractivity contribution in [2.75, 3.05) is 12.3 Å². The van der Waals surface area contributed by atoms with Gasteiger partial charge in [-0.1, -0.05) is 0 Å². The topological polar surface area (TPSA) is 86.9 Å². The Morgan fingerprint density at radius 3 is 3.04 bits per heavy atom. The molecule has 25 heavy (non-hydrogen) atoms. The Hall–Kier alpha value is -2.09. The van der Waals surface area contributed by atoms with Crippen molar-refractivity contribution >= 4 is 34.6 Å². The summed E-state index contributed by atoms with van der Waals surface area (Å²) in [7, 11) is 0. The summed E-state index contributed by atoms with van der Waals surface area (Å²) < 4.78 is 12.7. The van der Waals surface area contributed by atoms with Crippen LogP contribution >= 0.6 is 11.8 Å². The van der Waals surface area contributed by atoms with Crippen LogP contribution in [0, 0.1) is 5.82 Å². The molecule has 1 fully saturated rings. The summed E-state index contributed by atoms with van der Waals surface area (Å²) in [6.07, 6.45) is 1.35. The second kappa shape index (κ2) is 7.03. The SMILES string of the molecule is CC1(C)SC[C@H](C(=O)NCCCc2nc3ccc(F)cc3[nH]2)NC1=O. The van der Waals surface area contributed by atoms with Crippen LogP contribution in [-0.2, 0) is 16.0 Å². The van der Waals surface area contributed by atoms with Gasteiger partial charge in [-0.25, -0.2) is 9.37 Å². The van der Waals surface area contributed by atoms with Gasteiger partial charge in [-0.05, 0) is 38.5 Å². The number of benzene rings is 1. The first-order chi connectivity index (χ1) is 11.8. The number of nitrogens with one attached hydrogen (secondary N) is 3. The summed E-state index contributed by atoms with van der Waals surface area (Å²) in [5, 5.41) is 5.61. The van der Waals surface area contributed by atoms with E-state index in [-0.39, 0.29) is 17.6 Å². The minimum Gasteiger partial charge on any atom is -0.354 e. The molecule has 134 valence electrons. The molecule has 1 saturated heterocycles. The molecule has 1 aliphatic heterocycles. The van der Waals surface area contributed by atoms with Crippen LogP contribution in [0.3, 0.4) is 0 Å². The van der Waals surface area contributed by atoms with Gasteiger partial charge in [0.25, 0.3) is 0 Å². The van der Waals surface area contributed by atoms with E-state index >= 15 is 0 Å². The third kappa shape index (κ3) is 4.12. The van der Waals surface area contributed by atoms with Crippen LogP contribution < -0.4 is 10.6 Å². The maximum Gasteiger partial charge on any atom is 0.243 e. The lowest BCUT2D eigenvalue weighted by Gasteiger charge is -2.32. The molecule has 0 spiro atoms. The molecule has 1 aromatic carbocycles. The van der Waals surface area contributed by atoms with Crippen molar-refractivity contribution in [3.8, 4) is 0 Å². The first-order valence-corrected chi connectivity index (χ1v) is 9.20. The van der Waals surface area contributed by atoms with Crippen LogP contribution in [0.25, 0.3) is 11.0 Å². The highest BCUT2D eigenvalue weighted by Crippen LogP contribution is 2.28. The summed E-state index contributed by atoms with van der Waals surface area (Å²) in [6.45, 7) is 4.19. The Morgan fingerprint density at radius 2 is 2.28 bits per heavy atom. The first-order valence-electron chi connectivity index (χ1n) is 8.22. The van der Waals surface area contributed by atoms with Gasteiger partial charge in [0, 0.05) is 18.7 Å². The van der Waals surface area contributed by atoms with Gasteiger partial charge in [0.2, 0.25) is 11.8 Å². The highest BCUT2D eigenvalue weighted by Gasteiger charge is 2.37. The molecule has 3 rings (SSSR count). The fourth-order valence-electron chi connectivity index (χ4n) is 2.62. The fraction of sp³-hybridized carbons (Fsp3) is 0.471. The Balaban J connectivity index is 1.45. The van der Waals surface area contributed by atoms with E-state index in [0.29, 0.717) is 30.7 Å². The number of carbonyl (C=O) groups is 2. The van der Waals surface area contributed by atoms with Gasteiger partial charge in [0.1, 0.15) is 17.7 Å². The van der Waals surface area contributed by atoms with Crippen molar-refractivity contribution in [3.05, 3.63) is 29.8 Å². The Bertz CT molecular complexity index is 805. The second-order valence-electron chi connectivity index (χ2n) is 6.59. The number of imidazole rings is 1. The van der Waals surface area contributed by atoms with Crippen molar-refractivity contribution in [1.29, 1.82) is 0 Å². The normalized spacial score (nSPS) is 19.6. The zero-order valence-electron chi connectivity index (χ0n) is 14.2. The van der Waals surface area contributed by atoms with Gasteiger partial charge < -0.3 is 15.6 Å². The van der Waals surface area contributed by atoms with Gasteiger partial charge in [-0.2, -0.15) is 0 Å². The van der Waals surface area contributed by atoms with Crippen LogP contribution in [0.5, 0.6) is 0 Å². The van der Waals surface area contributed by atoms with Crippen LogP contribution in [0.1, 0.15) is 26.1 Å². The number of aryl methyl sites for hydroxylation is 1. The van der Waals surface area contributed by atoms with Gasteiger partial charge in [-0.15, -0.1) is 11.8 Å². The van der Waals surface area contributed by atoms with Crippen LogP contribution in [0.4, 0.5) is 4.39 Å². The number of thioether (sulfide) groups is 1. The minimum absolute atomic E-state index is 0.113. The highest BCUT2D eigenvalue weighted by atomic mass is 32.2. The predicted molar refractivity (Wildman–Crippen MR) is 95.9 cm³/mol. The fourth-order valence-corrected chi connectivity index (χ4v) is 3.62. The number of rotatable bonds is 5. The average molecular weight is 364 g/mol. The molecule has 2 aromatic rings. The largest absolute Gasteiger partial charge is 0.354 e. The zero-order valence-corrected chi connectivity index (χ0v) is 15.0. The number of H-pyrrole nitrogens is 1. The molecule has 0 unspecified atom stereocenters. The van der Waals surface area contributed by atoms with Crippen LogP contribution in [0.2, 0.25) is 0 Å². The molecule has 2 amide bonds. The molecule has 0 aliphatic carbocycles. The molecule has 0 saturated carbocycles. The minimum atomic E-state index is -0.489. The predicted octanol–water partition coefficient (Wildman–Crippen LogP) is 1.76. The van der Waals surface area contributed by atoms with Crippen LogP contribution in [-0.4, -0.2) is 44.9 Å². The smallest absolute Gasteiger partial charge is 0.243 e. The molecular formula is C17H21FN4O2S. The Kier molecular flexibility index (Phi) is 4.99. The molecule has 2 heterocycles. The number of aromatic nitrogens is 2. The monoisotopic (exact) mass is 364 g/mol. The summed E-state index contributed by atoms with van der Waals surface area (Å²) >= 11 is 1.49. The summed E-state index contributed by atoms with van der Waals surface area (Å²) in [6, 6.07) is 3.94. The molecule has 1 atom stereocenters. The van der Waals surface area contributed by atoms with E-state index in [4.69, 9.17) is 0 Å². The summed E-state index contributed by atoms with van der Waals surface area (Å²) in [5.74, 6) is 0.754. The van der Waals surface area contributed by atoms with E-state index in [9.17, 15) is 14.0 Å².